The summed E-state index contributed by atoms with van der Waals surface area (Å²) in [7, 11) is -9.76. The van der Waals surface area contributed by atoms with Crippen molar-refractivity contribution < 1.29 is 25.9 Å². The van der Waals surface area contributed by atoms with Crippen LogP contribution in [0.15, 0.2) is 70.5 Å². The van der Waals surface area contributed by atoms with Crippen molar-refractivity contribution in [3.8, 4) is 11.1 Å². The van der Waals surface area contributed by atoms with Gasteiger partial charge in [0.25, 0.3) is 20.2 Å². The molecule has 0 fully saturated rings. The Kier molecular flexibility index (Phi) is 4.09. The third-order valence-corrected chi connectivity index (χ3v) is 7.32. The zero-order valence-corrected chi connectivity index (χ0v) is 16.0. The van der Waals surface area contributed by atoms with Crippen LogP contribution in [0.3, 0.4) is 0 Å². The van der Waals surface area contributed by atoms with Crippen LogP contribution in [0.25, 0.3) is 31.3 Å². The number of hydrogen-bond donors (Lipinski definition) is 2. The molecular weight excluding hydrogens is 408 g/mol. The molecule has 0 aliphatic carbocycles. The molecular formula is C18H12O6S3. The van der Waals surface area contributed by atoms with Crippen LogP contribution in [0.5, 0.6) is 0 Å². The van der Waals surface area contributed by atoms with Gasteiger partial charge in [-0.25, -0.2) is 0 Å². The normalized spacial score (nSPS) is 12.7. The van der Waals surface area contributed by atoms with Crippen molar-refractivity contribution in [2.75, 3.05) is 0 Å². The minimum Gasteiger partial charge on any atom is -0.282 e. The zero-order valence-electron chi connectivity index (χ0n) is 13.5. The van der Waals surface area contributed by atoms with Crippen LogP contribution in [-0.4, -0.2) is 25.9 Å². The Morgan fingerprint density at radius 1 is 0.704 bits per heavy atom. The average molecular weight is 420 g/mol. The molecule has 0 saturated heterocycles. The maximum absolute atomic E-state index is 11.9. The number of fused-ring (bicyclic) bond motifs is 3. The van der Waals surface area contributed by atoms with E-state index >= 15 is 0 Å². The van der Waals surface area contributed by atoms with Gasteiger partial charge in [-0.1, -0.05) is 42.5 Å². The van der Waals surface area contributed by atoms with Gasteiger partial charge in [0, 0.05) is 25.7 Å². The number of rotatable bonds is 3. The predicted octanol–water partition coefficient (Wildman–Crippen LogP) is 4.21. The van der Waals surface area contributed by atoms with Crippen molar-refractivity contribution in [2.45, 2.75) is 9.79 Å². The van der Waals surface area contributed by atoms with Gasteiger partial charge in [0.15, 0.2) is 0 Å². The third-order valence-electron chi connectivity index (χ3n) is 4.20. The fraction of sp³-hybridized carbons (Fsp3) is 0. The molecule has 9 heteroatoms. The highest BCUT2D eigenvalue weighted by Crippen LogP contribution is 2.38. The van der Waals surface area contributed by atoms with Gasteiger partial charge in [0.1, 0.15) is 9.79 Å². The maximum atomic E-state index is 11.9. The van der Waals surface area contributed by atoms with E-state index in [1.165, 1.54) is 23.5 Å². The molecule has 4 rings (SSSR count). The van der Waals surface area contributed by atoms with Crippen LogP contribution >= 0.6 is 11.3 Å². The first-order valence-corrected chi connectivity index (χ1v) is 11.4. The Balaban J connectivity index is 2.05. The summed E-state index contributed by atoms with van der Waals surface area (Å²) in [6, 6.07) is 16.6. The first-order chi connectivity index (χ1) is 12.7. The third kappa shape index (κ3) is 3.13. The maximum Gasteiger partial charge on any atom is 0.296 e. The predicted molar refractivity (Wildman–Crippen MR) is 104 cm³/mol. The van der Waals surface area contributed by atoms with Gasteiger partial charge in [0.05, 0.1) is 0 Å². The summed E-state index contributed by atoms with van der Waals surface area (Å²) >= 11 is 1.51. The minimum absolute atomic E-state index is 0.00742. The van der Waals surface area contributed by atoms with E-state index < -0.39 is 30.0 Å². The van der Waals surface area contributed by atoms with E-state index in [1.807, 2.05) is 30.3 Å². The van der Waals surface area contributed by atoms with Crippen molar-refractivity contribution in [1.82, 2.24) is 0 Å². The molecule has 0 bridgehead atoms. The van der Waals surface area contributed by atoms with E-state index in [4.69, 9.17) is 0 Å². The molecule has 1 heterocycles. The molecule has 0 spiro atoms. The Labute approximate surface area is 159 Å². The van der Waals surface area contributed by atoms with Crippen molar-refractivity contribution >= 4 is 51.7 Å². The van der Waals surface area contributed by atoms with Crippen LogP contribution in [0.1, 0.15) is 0 Å². The minimum atomic E-state index is -4.91. The van der Waals surface area contributed by atoms with Gasteiger partial charge in [0.2, 0.25) is 0 Å². The topological polar surface area (TPSA) is 109 Å². The molecule has 0 unspecified atom stereocenters. The van der Waals surface area contributed by atoms with Gasteiger partial charge >= 0.3 is 0 Å². The first-order valence-electron chi connectivity index (χ1n) is 7.66. The SMILES string of the molecule is O=S(=O)(O)c1cccc(-c2ccc3c(c2)sc2ccccc23)c1S(=O)(=O)O. The number of hydrogen-bond acceptors (Lipinski definition) is 5. The summed E-state index contributed by atoms with van der Waals surface area (Å²) in [5, 5.41) is 2.05. The molecule has 1 aromatic heterocycles. The van der Waals surface area contributed by atoms with E-state index in [0.29, 0.717) is 5.56 Å². The van der Waals surface area contributed by atoms with Crippen LogP contribution < -0.4 is 0 Å². The summed E-state index contributed by atoms with van der Waals surface area (Å²) in [5.74, 6) is 0. The van der Waals surface area contributed by atoms with E-state index in [1.54, 1.807) is 12.1 Å². The standard InChI is InChI=1S/C18H12O6S3/c19-26(20,21)17-7-3-5-12(18(17)27(22,23)24)11-8-9-14-13-4-1-2-6-15(13)25-16(14)10-11/h1-10H,(H,19,20,21)(H,22,23,24). The lowest BCUT2D eigenvalue weighted by Crippen LogP contribution is -2.10. The molecule has 0 radical (unpaired) electrons. The highest BCUT2D eigenvalue weighted by molar-refractivity contribution is 7.89. The summed E-state index contributed by atoms with van der Waals surface area (Å²) in [4.78, 5) is -1.70. The molecule has 4 aromatic rings. The fourth-order valence-corrected chi connectivity index (χ4v) is 6.26. The Hall–Kier alpha value is -2.30. The molecule has 3 aromatic carbocycles. The zero-order chi connectivity index (χ0) is 19.4. The van der Waals surface area contributed by atoms with Crippen molar-refractivity contribution in [2.24, 2.45) is 0 Å². The molecule has 0 atom stereocenters. The van der Waals surface area contributed by atoms with Gasteiger partial charge in [-0.2, -0.15) is 16.8 Å². The van der Waals surface area contributed by atoms with E-state index in [0.717, 1.165) is 26.2 Å². The summed E-state index contributed by atoms with van der Waals surface area (Å²) in [6.07, 6.45) is 0. The Bertz CT molecular complexity index is 1420. The summed E-state index contributed by atoms with van der Waals surface area (Å²) in [5.41, 5.74) is 0.402. The average Bonchev–Trinajstić information content (AvgIpc) is 2.97. The smallest absolute Gasteiger partial charge is 0.282 e. The van der Waals surface area contributed by atoms with Crippen LogP contribution in [0, 0.1) is 0 Å². The Morgan fingerprint density at radius 2 is 1.41 bits per heavy atom. The monoisotopic (exact) mass is 420 g/mol. The largest absolute Gasteiger partial charge is 0.296 e. The second kappa shape index (κ2) is 6.11. The van der Waals surface area contributed by atoms with Crippen molar-refractivity contribution in [3.63, 3.8) is 0 Å². The van der Waals surface area contributed by atoms with Crippen LogP contribution in [-0.2, 0) is 20.2 Å². The molecule has 6 nitrogen and oxygen atoms in total. The van der Waals surface area contributed by atoms with E-state index in [2.05, 4.69) is 0 Å². The van der Waals surface area contributed by atoms with Gasteiger partial charge < -0.3 is 0 Å². The second-order valence-electron chi connectivity index (χ2n) is 5.89. The highest BCUT2D eigenvalue weighted by Gasteiger charge is 2.27. The molecule has 27 heavy (non-hydrogen) atoms. The molecule has 0 aliphatic heterocycles. The molecule has 0 aliphatic rings. The summed E-state index contributed by atoms with van der Waals surface area (Å²) in [6.45, 7) is 0. The highest BCUT2D eigenvalue weighted by atomic mass is 32.2. The first kappa shape index (κ1) is 18.1. The molecule has 0 saturated carbocycles. The van der Waals surface area contributed by atoms with Gasteiger partial charge in [-0.05, 0) is 23.8 Å². The molecule has 138 valence electrons. The Morgan fingerprint density at radius 3 is 2.11 bits per heavy atom. The van der Waals surface area contributed by atoms with E-state index in [9.17, 15) is 25.9 Å². The summed E-state index contributed by atoms with van der Waals surface area (Å²) < 4.78 is 67.9. The van der Waals surface area contributed by atoms with Gasteiger partial charge in [-0.15, -0.1) is 11.3 Å². The lowest BCUT2D eigenvalue weighted by molar-refractivity contribution is 0.467. The lowest BCUT2D eigenvalue weighted by atomic mass is 10.0. The van der Waals surface area contributed by atoms with Crippen molar-refractivity contribution in [1.29, 1.82) is 0 Å². The number of thiophene rings is 1. The van der Waals surface area contributed by atoms with E-state index in [-0.39, 0.29) is 5.56 Å². The molecule has 2 N–H and O–H groups in total. The quantitative estimate of drug-likeness (QED) is 0.481. The van der Waals surface area contributed by atoms with Gasteiger partial charge in [-0.3, -0.25) is 9.11 Å². The van der Waals surface area contributed by atoms with Crippen molar-refractivity contribution in [3.05, 3.63) is 60.7 Å². The second-order valence-corrected chi connectivity index (χ2v) is 9.72. The van der Waals surface area contributed by atoms with Crippen LogP contribution in [0.2, 0.25) is 0 Å². The molecule has 0 amide bonds. The lowest BCUT2D eigenvalue weighted by Gasteiger charge is -2.11. The fourth-order valence-electron chi connectivity index (χ4n) is 3.11. The number of benzene rings is 3. The van der Waals surface area contributed by atoms with Crippen LogP contribution in [0.4, 0.5) is 0 Å².